The van der Waals surface area contributed by atoms with Gasteiger partial charge in [0.05, 0.1) is 4.88 Å². The molecule has 3 nitrogen and oxygen atoms in total. The van der Waals surface area contributed by atoms with Crippen LogP contribution in [0.3, 0.4) is 0 Å². The van der Waals surface area contributed by atoms with Crippen LogP contribution in [-0.2, 0) is 6.42 Å². The maximum absolute atomic E-state index is 5.54. The second-order valence-corrected chi connectivity index (χ2v) is 3.73. The van der Waals surface area contributed by atoms with Crippen molar-refractivity contribution in [2.75, 3.05) is 0 Å². The van der Waals surface area contributed by atoms with Gasteiger partial charge in [-0.15, -0.1) is 16.4 Å². The van der Waals surface area contributed by atoms with Crippen molar-refractivity contribution in [1.29, 1.82) is 0 Å². The van der Waals surface area contributed by atoms with Crippen LogP contribution in [0.4, 0.5) is 0 Å². The minimum absolute atomic E-state index is 0.0884. The van der Waals surface area contributed by atoms with Gasteiger partial charge in [-0.2, -0.15) is 0 Å². The number of nitrogens with zero attached hydrogens (tertiary/aromatic N) is 2. The Labute approximate surface area is 84.4 Å². The smallest absolute Gasteiger partial charge is 0.313 e. The van der Waals surface area contributed by atoms with Crippen molar-refractivity contribution in [2.24, 2.45) is 0 Å². The molecule has 13 heavy (non-hydrogen) atoms. The highest BCUT2D eigenvalue weighted by Gasteiger charge is 2.11. The lowest BCUT2D eigenvalue weighted by atomic mass is 10.2. The molecule has 0 unspecified atom stereocenters. The van der Waals surface area contributed by atoms with Crippen molar-refractivity contribution in [3.8, 4) is 10.8 Å². The summed E-state index contributed by atoms with van der Waals surface area (Å²) in [5, 5.41) is 9.53. The van der Waals surface area contributed by atoms with Crippen LogP contribution >= 0.6 is 22.9 Å². The van der Waals surface area contributed by atoms with Crippen LogP contribution in [0.2, 0.25) is 5.35 Å². The zero-order valence-corrected chi connectivity index (χ0v) is 8.52. The van der Waals surface area contributed by atoms with E-state index in [2.05, 4.69) is 23.2 Å². The van der Waals surface area contributed by atoms with Gasteiger partial charge in [0.1, 0.15) is 0 Å². The van der Waals surface area contributed by atoms with Gasteiger partial charge in [-0.3, -0.25) is 0 Å². The number of rotatable bonds is 2. The zero-order chi connectivity index (χ0) is 9.26. The van der Waals surface area contributed by atoms with E-state index in [-0.39, 0.29) is 5.35 Å². The largest absolute Gasteiger partial charge is 0.407 e. The van der Waals surface area contributed by atoms with E-state index in [1.165, 1.54) is 5.56 Å². The molecular weight excluding hydrogens is 208 g/mol. The predicted molar refractivity (Wildman–Crippen MR) is 52.0 cm³/mol. The average molecular weight is 215 g/mol. The highest BCUT2D eigenvalue weighted by molar-refractivity contribution is 7.13. The molecule has 0 amide bonds. The van der Waals surface area contributed by atoms with Gasteiger partial charge in [0.25, 0.3) is 5.89 Å². The Bertz CT molecular complexity index is 410. The van der Waals surface area contributed by atoms with Gasteiger partial charge >= 0.3 is 5.35 Å². The van der Waals surface area contributed by atoms with Gasteiger partial charge < -0.3 is 4.42 Å². The number of hydrogen-bond acceptors (Lipinski definition) is 4. The lowest BCUT2D eigenvalue weighted by molar-refractivity contribution is 0.571. The van der Waals surface area contributed by atoms with E-state index in [1.54, 1.807) is 11.3 Å². The zero-order valence-electron chi connectivity index (χ0n) is 6.95. The van der Waals surface area contributed by atoms with Crippen LogP contribution in [0.25, 0.3) is 10.8 Å². The monoisotopic (exact) mass is 214 g/mol. The molecule has 0 aliphatic rings. The Hall–Kier alpha value is -0.870. The Balaban J connectivity index is 2.45. The molecule has 0 atom stereocenters. The van der Waals surface area contributed by atoms with Crippen molar-refractivity contribution in [2.45, 2.75) is 13.3 Å². The molecule has 68 valence electrons. The van der Waals surface area contributed by atoms with E-state index in [9.17, 15) is 0 Å². The fraction of sp³-hybridized carbons (Fsp3) is 0.250. The molecule has 2 aromatic rings. The van der Waals surface area contributed by atoms with Crippen molar-refractivity contribution < 1.29 is 4.42 Å². The quantitative estimate of drug-likeness (QED) is 0.772. The van der Waals surface area contributed by atoms with E-state index in [0.29, 0.717) is 5.89 Å². The third kappa shape index (κ3) is 1.59. The highest BCUT2D eigenvalue weighted by atomic mass is 35.5. The standard InChI is InChI=1S/C8H7ClN2OS/c1-2-5-3-4-13-6(5)7-10-11-8(9)12-7/h3-4H,2H2,1H3. The minimum atomic E-state index is 0.0884. The van der Waals surface area contributed by atoms with E-state index < -0.39 is 0 Å². The summed E-state index contributed by atoms with van der Waals surface area (Å²) < 4.78 is 5.12. The molecule has 0 bridgehead atoms. The summed E-state index contributed by atoms with van der Waals surface area (Å²) in [5.41, 5.74) is 1.21. The molecule has 0 saturated carbocycles. The van der Waals surface area contributed by atoms with E-state index in [1.807, 2.05) is 5.38 Å². The molecule has 5 heteroatoms. The summed E-state index contributed by atoms with van der Waals surface area (Å²) in [7, 11) is 0. The van der Waals surface area contributed by atoms with Crippen molar-refractivity contribution in [3.05, 3.63) is 22.4 Å². The lowest BCUT2D eigenvalue weighted by Crippen LogP contribution is -1.80. The predicted octanol–water partition coefficient (Wildman–Crippen LogP) is 3.01. The van der Waals surface area contributed by atoms with E-state index in [0.717, 1.165) is 11.3 Å². The first-order valence-electron chi connectivity index (χ1n) is 3.87. The van der Waals surface area contributed by atoms with Gasteiger partial charge in [-0.05, 0) is 35.0 Å². The van der Waals surface area contributed by atoms with Gasteiger partial charge in [0.15, 0.2) is 0 Å². The second-order valence-electron chi connectivity index (χ2n) is 2.49. The van der Waals surface area contributed by atoms with Crippen LogP contribution in [0.5, 0.6) is 0 Å². The Morgan fingerprint density at radius 3 is 3.00 bits per heavy atom. The molecule has 0 saturated heterocycles. The molecule has 0 aliphatic carbocycles. The summed E-state index contributed by atoms with van der Waals surface area (Å²) >= 11 is 7.12. The highest BCUT2D eigenvalue weighted by Crippen LogP contribution is 2.29. The molecule has 0 radical (unpaired) electrons. The number of thiophene rings is 1. The van der Waals surface area contributed by atoms with Crippen molar-refractivity contribution >= 4 is 22.9 Å². The van der Waals surface area contributed by atoms with Crippen LogP contribution in [0.1, 0.15) is 12.5 Å². The van der Waals surface area contributed by atoms with Crippen molar-refractivity contribution in [1.82, 2.24) is 10.2 Å². The Morgan fingerprint density at radius 1 is 1.54 bits per heavy atom. The van der Waals surface area contributed by atoms with Crippen LogP contribution in [0, 0.1) is 0 Å². The third-order valence-corrected chi connectivity index (χ3v) is 2.82. The molecule has 0 aliphatic heterocycles. The second kappa shape index (κ2) is 3.47. The van der Waals surface area contributed by atoms with Gasteiger partial charge in [-0.25, -0.2) is 0 Å². The van der Waals surface area contributed by atoms with E-state index in [4.69, 9.17) is 16.0 Å². The maximum atomic E-state index is 5.54. The number of aromatic nitrogens is 2. The summed E-state index contributed by atoms with van der Waals surface area (Å²) in [6.07, 6.45) is 0.957. The van der Waals surface area contributed by atoms with Crippen LogP contribution in [0.15, 0.2) is 15.9 Å². The molecule has 0 spiro atoms. The number of aryl methyl sites for hydroxylation is 1. The third-order valence-electron chi connectivity index (χ3n) is 1.72. The lowest BCUT2D eigenvalue weighted by Gasteiger charge is -1.92. The van der Waals surface area contributed by atoms with Gasteiger partial charge in [0, 0.05) is 0 Å². The fourth-order valence-electron chi connectivity index (χ4n) is 1.10. The Kier molecular flexibility index (Phi) is 2.33. The Morgan fingerprint density at radius 2 is 2.38 bits per heavy atom. The number of hydrogen-bond donors (Lipinski definition) is 0. The average Bonchev–Trinajstić information content (AvgIpc) is 2.71. The van der Waals surface area contributed by atoms with Crippen molar-refractivity contribution in [3.63, 3.8) is 0 Å². The molecule has 2 heterocycles. The fourth-order valence-corrected chi connectivity index (χ4v) is 2.13. The SMILES string of the molecule is CCc1ccsc1-c1nnc(Cl)o1. The van der Waals surface area contributed by atoms with E-state index >= 15 is 0 Å². The van der Waals surface area contributed by atoms with Crippen LogP contribution in [-0.4, -0.2) is 10.2 Å². The van der Waals surface area contributed by atoms with Crippen LogP contribution < -0.4 is 0 Å². The normalized spacial score (nSPS) is 10.6. The van der Waals surface area contributed by atoms with Gasteiger partial charge in [0.2, 0.25) is 0 Å². The summed E-state index contributed by atoms with van der Waals surface area (Å²) in [5.74, 6) is 0.511. The summed E-state index contributed by atoms with van der Waals surface area (Å²) in [6.45, 7) is 2.09. The molecule has 0 fully saturated rings. The first-order chi connectivity index (χ1) is 6.31. The molecule has 2 aromatic heterocycles. The topological polar surface area (TPSA) is 38.9 Å². The first-order valence-corrected chi connectivity index (χ1v) is 5.12. The van der Waals surface area contributed by atoms with Gasteiger partial charge in [-0.1, -0.05) is 12.0 Å². The maximum Gasteiger partial charge on any atom is 0.313 e. The molecule has 2 rings (SSSR count). The molecule has 0 N–H and O–H groups in total. The molecule has 0 aromatic carbocycles. The summed E-state index contributed by atoms with van der Waals surface area (Å²) in [4.78, 5) is 1.02. The minimum Gasteiger partial charge on any atom is -0.407 e. The molecular formula is C8H7ClN2OS. The first kappa shape index (κ1) is 8.72. The number of halogens is 1. The summed E-state index contributed by atoms with van der Waals surface area (Å²) in [6, 6.07) is 2.05.